The average molecular weight is 662 g/mol. The molecule has 0 radical (unpaired) electrons. The third-order valence-electron chi connectivity index (χ3n) is 7.69. The number of ether oxygens (including phenoxy) is 3. The number of carbonyl (C=O) groups excluding carboxylic acids is 1. The Balaban J connectivity index is 1.34. The van der Waals surface area contributed by atoms with Crippen LogP contribution in [0.4, 0.5) is 20.3 Å². The Morgan fingerprint density at radius 3 is 2.43 bits per heavy atom. The van der Waals surface area contributed by atoms with Crippen molar-refractivity contribution >= 4 is 38.3 Å². The Hall–Kier alpha value is -5.34. The number of hydrogen-bond donors (Lipinski definition) is 2. The number of nitrogens with one attached hydrogen (secondary N) is 1. The topological polar surface area (TPSA) is 146 Å². The molecule has 3 N–H and O–H groups in total. The van der Waals surface area contributed by atoms with Gasteiger partial charge in [-0.25, -0.2) is 27.2 Å². The van der Waals surface area contributed by atoms with Crippen molar-refractivity contribution in [3.8, 4) is 33.9 Å². The predicted octanol–water partition coefficient (Wildman–Crippen LogP) is 5.11. The van der Waals surface area contributed by atoms with Crippen LogP contribution in [0.15, 0.2) is 77.8 Å². The molecule has 1 aliphatic rings. The molecule has 0 bridgehead atoms. The van der Waals surface area contributed by atoms with Crippen molar-refractivity contribution in [3.05, 3.63) is 90.1 Å². The summed E-state index contributed by atoms with van der Waals surface area (Å²) < 4.78 is 72.2. The molecule has 47 heavy (non-hydrogen) atoms. The molecule has 3 heterocycles. The molecular formula is C33H29F2N5O6S. The van der Waals surface area contributed by atoms with Crippen molar-refractivity contribution in [2.24, 2.45) is 0 Å². The highest BCUT2D eigenvalue weighted by molar-refractivity contribution is 7.92. The van der Waals surface area contributed by atoms with E-state index in [-0.39, 0.29) is 23.3 Å². The van der Waals surface area contributed by atoms with Crippen LogP contribution >= 0.6 is 0 Å². The number of methoxy groups -OCH3 is 2. The fourth-order valence-electron chi connectivity index (χ4n) is 5.31. The van der Waals surface area contributed by atoms with Gasteiger partial charge in [-0.05, 0) is 59.7 Å². The summed E-state index contributed by atoms with van der Waals surface area (Å²) in [4.78, 5) is 22.9. The van der Waals surface area contributed by atoms with E-state index in [4.69, 9.17) is 19.9 Å². The number of pyridine rings is 2. The number of carbonyl (C=O) groups is 1. The zero-order chi connectivity index (χ0) is 33.3. The Bertz CT molecular complexity index is 2120. The van der Waals surface area contributed by atoms with E-state index < -0.39 is 26.6 Å². The van der Waals surface area contributed by atoms with E-state index >= 15 is 0 Å². The first-order chi connectivity index (χ1) is 22.6. The molecule has 6 rings (SSSR count). The van der Waals surface area contributed by atoms with E-state index in [1.54, 1.807) is 35.2 Å². The lowest BCUT2D eigenvalue weighted by atomic mass is 9.99. The summed E-state index contributed by atoms with van der Waals surface area (Å²) in [7, 11) is -1.66. The van der Waals surface area contributed by atoms with E-state index in [1.807, 2.05) is 12.1 Å². The van der Waals surface area contributed by atoms with Crippen LogP contribution in [0.1, 0.15) is 10.4 Å². The second-order valence-electron chi connectivity index (χ2n) is 10.6. The van der Waals surface area contributed by atoms with Gasteiger partial charge in [-0.2, -0.15) is 0 Å². The van der Waals surface area contributed by atoms with Crippen LogP contribution in [0.2, 0.25) is 0 Å². The molecule has 11 nitrogen and oxygen atoms in total. The van der Waals surface area contributed by atoms with Gasteiger partial charge in [-0.3, -0.25) is 9.52 Å². The molecule has 0 atom stereocenters. The van der Waals surface area contributed by atoms with Gasteiger partial charge in [-0.15, -0.1) is 0 Å². The maximum Gasteiger partial charge on any atom is 0.264 e. The summed E-state index contributed by atoms with van der Waals surface area (Å²) in [6, 6.07) is 16.1. The second kappa shape index (κ2) is 12.8. The third-order valence-corrected chi connectivity index (χ3v) is 9.09. The molecule has 0 unspecified atom stereocenters. The number of aromatic nitrogens is 2. The van der Waals surface area contributed by atoms with Crippen molar-refractivity contribution < 1.29 is 36.2 Å². The summed E-state index contributed by atoms with van der Waals surface area (Å²) in [5, 5.41) is 0.713. The molecule has 3 aromatic carbocycles. The number of nitrogens with zero attached hydrogens (tertiary/aromatic N) is 3. The average Bonchev–Trinajstić information content (AvgIpc) is 3.07. The highest BCUT2D eigenvalue weighted by atomic mass is 32.2. The van der Waals surface area contributed by atoms with Crippen LogP contribution in [-0.4, -0.2) is 69.7 Å². The number of halogens is 2. The standard InChI is InChI=1S/C33H29F2N5O6S/c1-44-29-16-20(3-6-24(29)33(41)40-9-11-46-12-10-40)25-14-21-13-19(4-7-27(21)38-31(25)36)22-15-28(32(45-2)37-18-22)39-47(42,43)30-8-5-23(34)17-26(30)35/h3-8,13-18,39H,9-12H2,1-2H3,(H2,36,38). The Labute approximate surface area is 269 Å². The second-order valence-corrected chi connectivity index (χ2v) is 12.3. The fraction of sp³-hybridized carbons (Fsp3) is 0.182. The van der Waals surface area contributed by atoms with Crippen molar-refractivity contribution in [1.82, 2.24) is 14.9 Å². The van der Waals surface area contributed by atoms with Gasteiger partial charge < -0.3 is 24.8 Å². The van der Waals surface area contributed by atoms with Crippen LogP contribution in [0.5, 0.6) is 11.6 Å². The lowest BCUT2D eigenvalue weighted by Crippen LogP contribution is -2.40. The molecule has 0 aliphatic carbocycles. The first-order valence-electron chi connectivity index (χ1n) is 14.4. The van der Waals surface area contributed by atoms with Crippen LogP contribution in [0, 0.1) is 11.6 Å². The first-order valence-corrected chi connectivity index (χ1v) is 15.8. The van der Waals surface area contributed by atoms with Gasteiger partial charge in [0.05, 0.1) is 38.5 Å². The Morgan fingerprint density at radius 1 is 0.936 bits per heavy atom. The van der Waals surface area contributed by atoms with Crippen molar-refractivity contribution in [2.45, 2.75) is 4.90 Å². The smallest absolute Gasteiger partial charge is 0.264 e. The minimum absolute atomic E-state index is 0.0521. The number of hydrogen-bond acceptors (Lipinski definition) is 9. The van der Waals surface area contributed by atoms with Gasteiger partial charge in [0.15, 0.2) is 0 Å². The number of morpholine rings is 1. The van der Waals surface area contributed by atoms with Crippen molar-refractivity contribution in [3.63, 3.8) is 0 Å². The maximum absolute atomic E-state index is 14.3. The predicted molar refractivity (Wildman–Crippen MR) is 172 cm³/mol. The zero-order valence-corrected chi connectivity index (χ0v) is 26.1. The minimum Gasteiger partial charge on any atom is -0.496 e. The normalized spacial score (nSPS) is 13.4. The van der Waals surface area contributed by atoms with E-state index in [0.717, 1.165) is 12.1 Å². The van der Waals surface area contributed by atoms with Crippen LogP contribution in [-0.2, 0) is 14.8 Å². The number of amides is 1. The summed E-state index contributed by atoms with van der Waals surface area (Å²) in [5.41, 5.74) is 9.82. The molecule has 0 spiro atoms. The molecule has 5 aromatic rings. The summed E-state index contributed by atoms with van der Waals surface area (Å²) in [5.74, 6) is -1.69. The molecule has 0 saturated carbocycles. The molecule has 242 valence electrons. The SMILES string of the molecule is COc1cc(-c2cc3cc(-c4cnc(OC)c(NS(=O)(=O)c5ccc(F)cc5F)c4)ccc3nc2N)ccc1C(=O)N1CCOCC1. The van der Waals surface area contributed by atoms with Gasteiger partial charge in [-0.1, -0.05) is 12.1 Å². The Kier molecular flexibility index (Phi) is 8.62. The lowest BCUT2D eigenvalue weighted by Gasteiger charge is -2.27. The maximum atomic E-state index is 14.3. The number of nitrogens with two attached hydrogens (primary N) is 1. The lowest BCUT2D eigenvalue weighted by molar-refractivity contribution is 0.0301. The third kappa shape index (κ3) is 6.37. The molecule has 1 amide bonds. The Morgan fingerprint density at radius 2 is 1.70 bits per heavy atom. The van der Waals surface area contributed by atoms with Gasteiger partial charge in [0.1, 0.15) is 33.8 Å². The minimum atomic E-state index is -4.46. The summed E-state index contributed by atoms with van der Waals surface area (Å²) in [6.07, 6.45) is 1.50. The quantitative estimate of drug-likeness (QED) is 0.232. The number of anilines is 2. The summed E-state index contributed by atoms with van der Waals surface area (Å²) >= 11 is 0. The van der Waals surface area contributed by atoms with Gasteiger partial charge >= 0.3 is 0 Å². The van der Waals surface area contributed by atoms with E-state index in [2.05, 4.69) is 14.7 Å². The molecule has 1 aliphatic heterocycles. The van der Waals surface area contributed by atoms with Gasteiger partial charge in [0.2, 0.25) is 5.88 Å². The summed E-state index contributed by atoms with van der Waals surface area (Å²) in [6.45, 7) is 1.95. The molecular weight excluding hydrogens is 632 g/mol. The number of rotatable bonds is 8. The number of nitrogen functional groups attached to an aromatic ring is 1. The van der Waals surface area contributed by atoms with E-state index in [0.29, 0.717) is 76.8 Å². The number of fused-ring (bicyclic) bond motifs is 1. The van der Waals surface area contributed by atoms with Crippen molar-refractivity contribution in [2.75, 3.05) is 51.0 Å². The first kappa shape index (κ1) is 31.6. The van der Waals surface area contributed by atoms with E-state index in [1.165, 1.54) is 26.5 Å². The molecule has 1 saturated heterocycles. The van der Waals surface area contributed by atoms with Gasteiger partial charge in [0, 0.05) is 41.9 Å². The van der Waals surface area contributed by atoms with Crippen LogP contribution < -0.4 is 19.9 Å². The van der Waals surface area contributed by atoms with Crippen LogP contribution in [0.25, 0.3) is 33.2 Å². The number of benzene rings is 3. The largest absolute Gasteiger partial charge is 0.496 e. The van der Waals surface area contributed by atoms with Crippen molar-refractivity contribution in [1.29, 1.82) is 0 Å². The van der Waals surface area contributed by atoms with E-state index in [9.17, 15) is 22.0 Å². The highest BCUT2D eigenvalue weighted by Gasteiger charge is 2.24. The zero-order valence-electron chi connectivity index (χ0n) is 25.3. The monoisotopic (exact) mass is 661 g/mol. The molecule has 14 heteroatoms. The highest BCUT2D eigenvalue weighted by Crippen LogP contribution is 2.36. The van der Waals surface area contributed by atoms with Crippen LogP contribution in [0.3, 0.4) is 0 Å². The molecule has 1 fully saturated rings. The fourth-order valence-corrected chi connectivity index (χ4v) is 6.42. The van der Waals surface area contributed by atoms with Gasteiger partial charge in [0.25, 0.3) is 15.9 Å². The molecule has 2 aromatic heterocycles. The number of sulfonamides is 1.